The molecule has 0 aliphatic carbocycles. The second-order valence-electron chi connectivity index (χ2n) is 5.95. The highest BCUT2D eigenvalue weighted by Gasteiger charge is 2.09. The van der Waals surface area contributed by atoms with Gasteiger partial charge in [-0.05, 0) is 43.4 Å². The molecule has 2 atom stereocenters. The Kier molecular flexibility index (Phi) is 9.16. The Bertz CT molecular complexity index is 398. The molecule has 0 amide bonds. The van der Waals surface area contributed by atoms with Crippen LogP contribution in [0.25, 0.3) is 0 Å². The molecule has 1 aromatic carbocycles. The van der Waals surface area contributed by atoms with E-state index in [1.54, 1.807) is 0 Å². The Labute approximate surface area is 137 Å². The normalized spacial score (nSPS) is 14.4. The molecular formula is C17H28BrNO2. The van der Waals surface area contributed by atoms with Crippen LogP contribution in [0.2, 0.25) is 0 Å². The van der Waals surface area contributed by atoms with Crippen molar-refractivity contribution in [1.82, 2.24) is 5.32 Å². The molecule has 0 heterocycles. The molecule has 4 heteroatoms. The van der Waals surface area contributed by atoms with E-state index in [0.29, 0.717) is 19.1 Å². The van der Waals surface area contributed by atoms with Crippen LogP contribution in [0.15, 0.2) is 28.7 Å². The number of halogens is 1. The Morgan fingerprint density at radius 1 is 1.29 bits per heavy atom. The van der Waals surface area contributed by atoms with Crippen LogP contribution in [0.3, 0.4) is 0 Å². The Morgan fingerprint density at radius 2 is 2.05 bits per heavy atom. The molecule has 0 aliphatic rings. The molecule has 3 nitrogen and oxygen atoms in total. The summed E-state index contributed by atoms with van der Waals surface area (Å²) in [6, 6.07) is 8.41. The van der Waals surface area contributed by atoms with Crippen molar-refractivity contribution in [3.63, 3.8) is 0 Å². The van der Waals surface area contributed by atoms with Crippen LogP contribution < -0.4 is 5.32 Å². The first-order valence-electron chi connectivity index (χ1n) is 7.73. The van der Waals surface area contributed by atoms with Crippen LogP contribution in [-0.2, 0) is 4.74 Å². The van der Waals surface area contributed by atoms with E-state index in [4.69, 9.17) is 4.74 Å². The van der Waals surface area contributed by atoms with Crippen molar-refractivity contribution in [2.24, 2.45) is 5.92 Å². The topological polar surface area (TPSA) is 41.5 Å². The summed E-state index contributed by atoms with van der Waals surface area (Å²) >= 11 is 3.47. The summed E-state index contributed by atoms with van der Waals surface area (Å²) in [4.78, 5) is 0. The monoisotopic (exact) mass is 357 g/mol. The third kappa shape index (κ3) is 8.57. The van der Waals surface area contributed by atoms with E-state index in [1.807, 2.05) is 12.1 Å². The second kappa shape index (κ2) is 10.3. The van der Waals surface area contributed by atoms with Gasteiger partial charge in [0.1, 0.15) is 0 Å². The minimum absolute atomic E-state index is 0.207. The molecule has 0 bridgehead atoms. The van der Waals surface area contributed by atoms with Crippen molar-refractivity contribution in [3.05, 3.63) is 34.3 Å². The van der Waals surface area contributed by atoms with Gasteiger partial charge >= 0.3 is 0 Å². The summed E-state index contributed by atoms with van der Waals surface area (Å²) < 4.78 is 6.58. The SMILES string of the molecule is CC(C)CCCOCC(O)CN[C@@H](C)c1cccc(Br)c1. The zero-order valence-corrected chi connectivity index (χ0v) is 14.9. The number of rotatable bonds is 10. The Morgan fingerprint density at radius 3 is 2.71 bits per heavy atom. The molecule has 2 N–H and O–H groups in total. The number of aliphatic hydroxyl groups excluding tert-OH is 1. The standard InChI is InChI=1S/C17H28BrNO2/c1-13(2)6-5-9-21-12-17(20)11-19-14(3)15-7-4-8-16(18)10-15/h4,7-8,10,13-14,17,19-20H,5-6,9,11-12H2,1-3H3/t14-,17?/m0/s1. The average Bonchev–Trinajstić information content (AvgIpc) is 2.44. The first-order valence-corrected chi connectivity index (χ1v) is 8.53. The van der Waals surface area contributed by atoms with Gasteiger partial charge < -0.3 is 15.2 Å². The minimum Gasteiger partial charge on any atom is -0.389 e. The zero-order chi connectivity index (χ0) is 15.7. The molecule has 0 saturated heterocycles. The van der Waals surface area contributed by atoms with E-state index in [9.17, 15) is 5.11 Å². The quantitative estimate of drug-likeness (QED) is 0.623. The van der Waals surface area contributed by atoms with E-state index >= 15 is 0 Å². The Balaban J connectivity index is 2.16. The lowest BCUT2D eigenvalue weighted by Gasteiger charge is -2.18. The van der Waals surface area contributed by atoms with Gasteiger partial charge in [0.05, 0.1) is 12.7 Å². The second-order valence-corrected chi connectivity index (χ2v) is 6.87. The zero-order valence-electron chi connectivity index (χ0n) is 13.3. The summed E-state index contributed by atoms with van der Waals surface area (Å²) in [7, 11) is 0. The third-order valence-electron chi connectivity index (χ3n) is 3.39. The van der Waals surface area contributed by atoms with Crippen molar-refractivity contribution < 1.29 is 9.84 Å². The van der Waals surface area contributed by atoms with Crippen LogP contribution in [0.5, 0.6) is 0 Å². The highest BCUT2D eigenvalue weighted by molar-refractivity contribution is 9.10. The van der Waals surface area contributed by atoms with Crippen LogP contribution in [-0.4, -0.2) is 31.0 Å². The lowest BCUT2D eigenvalue weighted by molar-refractivity contribution is 0.0337. The van der Waals surface area contributed by atoms with Gasteiger partial charge in [0.2, 0.25) is 0 Å². The van der Waals surface area contributed by atoms with E-state index in [1.165, 1.54) is 12.0 Å². The maximum atomic E-state index is 9.91. The number of hydrogen-bond acceptors (Lipinski definition) is 3. The average molecular weight is 358 g/mol. The van der Waals surface area contributed by atoms with E-state index in [2.05, 4.69) is 54.2 Å². The van der Waals surface area contributed by atoms with Gasteiger partial charge in [0.15, 0.2) is 0 Å². The van der Waals surface area contributed by atoms with Crippen molar-refractivity contribution in [2.75, 3.05) is 19.8 Å². The summed E-state index contributed by atoms with van der Waals surface area (Å²) in [5.74, 6) is 0.714. The number of nitrogens with one attached hydrogen (secondary N) is 1. The fourth-order valence-corrected chi connectivity index (χ4v) is 2.50. The van der Waals surface area contributed by atoms with E-state index in [0.717, 1.165) is 17.5 Å². The summed E-state index contributed by atoms with van der Waals surface area (Å²) in [6.45, 7) is 8.19. The van der Waals surface area contributed by atoms with Crippen molar-refractivity contribution in [3.8, 4) is 0 Å². The molecule has 21 heavy (non-hydrogen) atoms. The predicted octanol–water partition coefficient (Wildman–Crippen LogP) is 3.91. The molecule has 0 saturated carbocycles. The molecule has 1 aromatic rings. The van der Waals surface area contributed by atoms with Gasteiger partial charge in [-0.2, -0.15) is 0 Å². The van der Waals surface area contributed by atoms with Gasteiger partial charge in [-0.25, -0.2) is 0 Å². The van der Waals surface area contributed by atoms with E-state index < -0.39 is 6.10 Å². The molecule has 0 spiro atoms. The van der Waals surface area contributed by atoms with Crippen LogP contribution >= 0.6 is 15.9 Å². The predicted molar refractivity (Wildman–Crippen MR) is 91.5 cm³/mol. The van der Waals surface area contributed by atoms with Crippen molar-refractivity contribution in [1.29, 1.82) is 0 Å². The smallest absolute Gasteiger partial charge is 0.0897 e. The first kappa shape index (κ1) is 18.6. The van der Waals surface area contributed by atoms with Crippen molar-refractivity contribution in [2.45, 2.75) is 45.8 Å². The maximum absolute atomic E-state index is 9.91. The highest BCUT2D eigenvalue weighted by Crippen LogP contribution is 2.17. The summed E-state index contributed by atoms with van der Waals surface area (Å²) in [5.41, 5.74) is 1.20. The molecule has 120 valence electrons. The van der Waals surface area contributed by atoms with Crippen LogP contribution in [0.1, 0.15) is 45.2 Å². The molecule has 0 aromatic heterocycles. The molecule has 1 unspecified atom stereocenters. The van der Waals surface area contributed by atoms with Crippen molar-refractivity contribution >= 4 is 15.9 Å². The number of ether oxygens (including phenoxy) is 1. The largest absolute Gasteiger partial charge is 0.389 e. The summed E-state index contributed by atoms with van der Waals surface area (Å²) in [6.07, 6.45) is 1.78. The third-order valence-corrected chi connectivity index (χ3v) is 3.88. The maximum Gasteiger partial charge on any atom is 0.0897 e. The molecule has 0 radical (unpaired) electrons. The highest BCUT2D eigenvalue weighted by atomic mass is 79.9. The molecule has 1 rings (SSSR count). The Hall–Kier alpha value is -0.420. The van der Waals surface area contributed by atoms with Gasteiger partial charge in [-0.1, -0.05) is 41.9 Å². The lowest BCUT2D eigenvalue weighted by atomic mass is 10.1. The van der Waals surface area contributed by atoms with Crippen LogP contribution in [0, 0.1) is 5.92 Å². The molecular weight excluding hydrogens is 330 g/mol. The van der Waals surface area contributed by atoms with Gasteiger partial charge in [0.25, 0.3) is 0 Å². The van der Waals surface area contributed by atoms with Crippen LogP contribution in [0.4, 0.5) is 0 Å². The molecule has 0 aliphatic heterocycles. The first-order chi connectivity index (χ1) is 9.99. The van der Waals surface area contributed by atoms with Gasteiger partial charge in [-0.15, -0.1) is 0 Å². The van der Waals surface area contributed by atoms with Gasteiger partial charge in [-0.3, -0.25) is 0 Å². The van der Waals surface area contributed by atoms with E-state index in [-0.39, 0.29) is 6.04 Å². The number of benzene rings is 1. The number of hydrogen-bond donors (Lipinski definition) is 2. The lowest BCUT2D eigenvalue weighted by Crippen LogP contribution is -2.32. The minimum atomic E-state index is -0.460. The summed E-state index contributed by atoms with van der Waals surface area (Å²) in [5, 5.41) is 13.2. The fourth-order valence-electron chi connectivity index (χ4n) is 2.08. The molecule has 0 fully saturated rings. The van der Waals surface area contributed by atoms with Gasteiger partial charge in [0, 0.05) is 23.7 Å². The fraction of sp³-hybridized carbons (Fsp3) is 0.647. The number of aliphatic hydroxyl groups is 1.